The quantitative estimate of drug-likeness (QED) is 0.417. The Balaban J connectivity index is 3.07. The molecule has 0 fully saturated rings. The van der Waals surface area contributed by atoms with Gasteiger partial charge in [0.2, 0.25) is 0 Å². The van der Waals surface area contributed by atoms with Crippen LogP contribution in [0.2, 0.25) is 0 Å². The van der Waals surface area contributed by atoms with E-state index in [0.29, 0.717) is 5.57 Å². The predicted molar refractivity (Wildman–Crippen MR) is 114 cm³/mol. The summed E-state index contributed by atoms with van der Waals surface area (Å²) < 4.78 is 5.60. The molecule has 0 radical (unpaired) electrons. The number of carboxylic acids is 1. The molecular formula is C24H32O3. The number of hydrogen-bond donors (Lipinski definition) is 1. The number of carboxylic acid groups (broad SMARTS) is 1. The van der Waals surface area contributed by atoms with Crippen LogP contribution in [-0.4, -0.2) is 18.2 Å². The van der Waals surface area contributed by atoms with Gasteiger partial charge in [0.25, 0.3) is 0 Å². The van der Waals surface area contributed by atoms with Crippen LogP contribution in [0.25, 0.3) is 6.08 Å². The molecule has 27 heavy (non-hydrogen) atoms. The molecule has 0 aliphatic heterocycles. The molecule has 0 aromatic heterocycles. The zero-order chi connectivity index (χ0) is 20.4. The van der Waals surface area contributed by atoms with E-state index < -0.39 is 5.97 Å². The van der Waals surface area contributed by atoms with Crippen LogP contribution in [0.3, 0.4) is 0 Å². The third kappa shape index (κ3) is 7.30. The van der Waals surface area contributed by atoms with E-state index in [4.69, 9.17) is 9.84 Å². The molecule has 1 rings (SSSR count). The van der Waals surface area contributed by atoms with Gasteiger partial charge in [-0.2, -0.15) is 0 Å². The zero-order valence-corrected chi connectivity index (χ0v) is 17.4. The number of rotatable bonds is 9. The number of aliphatic carboxylic acids is 1. The van der Waals surface area contributed by atoms with Gasteiger partial charge < -0.3 is 9.84 Å². The lowest BCUT2D eigenvalue weighted by Gasteiger charge is -2.16. The first kappa shape index (κ1) is 22.5. The molecule has 1 aromatic carbocycles. The van der Waals surface area contributed by atoms with Crippen LogP contribution in [0.5, 0.6) is 5.75 Å². The molecule has 0 bridgehead atoms. The highest BCUT2D eigenvalue weighted by atomic mass is 16.5. The van der Waals surface area contributed by atoms with Gasteiger partial charge >= 0.3 is 5.97 Å². The Morgan fingerprint density at radius 3 is 2.48 bits per heavy atom. The third-order valence-corrected chi connectivity index (χ3v) is 4.51. The Hall–Kier alpha value is -2.55. The number of aryl methyl sites for hydroxylation is 1. The van der Waals surface area contributed by atoms with E-state index in [0.717, 1.165) is 30.6 Å². The zero-order valence-electron chi connectivity index (χ0n) is 17.4. The van der Waals surface area contributed by atoms with E-state index >= 15 is 0 Å². The Morgan fingerprint density at radius 2 is 1.89 bits per heavy atom. The summed E-state index contributed by atoms with van der Waals surface area (Å²) in [7, 11) is 1.74. The monoisotopic (exact) mass is 368 g/mol. The summed E-state index contributed by atoms with van der Waals surface area (Å²) in [6.07, 6.45) is 14.4. The lowest BCUT2D eigenvalue weighted by molar-refractivity contribution is -0.131. The van der Waals surface area contributed by atoms with Crippen molar-refractivity contribution in [3.05, 3.63) is 69.8 Å². The van der Waals surface area contributed by atoms with Gasteiger partial charge in [-0.15, -0.1) is 0 Å². The van der Waals surface area contributed by atoms with Gasteiger partial charge in [0.15, 0.2) is 0 Å². The summed E-state index contributed by atoms with van der Waals surface area (Å²) in [6.45, 7) is 10.3. The topological polar surface area (TPSA) is 46.5 Å². The fourth-order valence-corrected chi connectivity index (χ4v) is 2.97. The molecule has 3 heteroatoms. The largest absolute Gasteiger partial charge is 0.496 e. The smallest absolute Gasteiger partial charge is 0.328 e. The SMILES string of the molecule is CCCCc1c(OC)cc(C)c(C=CC(C)=CC=CC(C)=CC(=O)O)c1C. The first-order valence-electron chi connectivity index (χ1n) is 9.41. The molecule has 1 aromatic rings. The highest BCUT2D eigenvalue weighted by Gasteiger charge is 2.11. The van der Waals surface area contributed by atoms with E-state index in [1.807, 2.05) is 19.1 Å². The standard InChI is InChI=1S/C24H32O3/c1-7-8-12-22-20(5)21(19(4)16-23(22)27-6)14-13-17(2)10-9-11-18(3)15-24(25)26/h9-11,13-16H,7-8,12H2,1-6H3,(H,25,26). The molecule has 0 spiro atoms. The maximum atomic E-state index is 10.6. The lowest BCUT2D eigenvalue weighted by atomic mass is 9.93. The van der Waals surface area contributed by atoms with Crippen molar-refractivity contribution in [2.45, 2.75) is 53.9 Å². The summed E-state index contributed by atoms with van der Waals surface area (Å²) in [5, 5.41) is 8.72. The van der Waals surface area contributed by atoms with E-state index in [1.54, 1.807) is 20.1 Å². The molecule has 0 atom stereocenters. The molecule has 0 aliphatic rings. The summed E-state index contributed by atoms with van der Waals surface area (Å²) in [5.41, 5.74) is 6.81. The van der Waals surface area contributed by atoms with Crippen LogP contribution in [0.1, 0.15) is 55.9 Å². The summed E-state index contributed by atoms with van der Waals surface area (Å²) in [5.74, 6) is 0.0496. The van der Waals surface area contributed by atoms with Crippen LogP contribution in [0, 0.1) is 13.8 Å². The maximum Gasteiger partial charge on any atom is 0.328 e. The van der Waals surface area contributed by atoms with Gasteiger partial charge in [0.1, 0.15) is 5.75 Å². The molecule has 0 saturated carbocycles. The third-order valence-electron chi connectivity index (χ3n) is 4.51. The molecule has 0 heterocycles. The summed E-state index contributed by atoms with van der Waals surface area (Å²) >= 11 is 0. The van der Waals surface area contributed by atoms with E-state index in [2.05, 4.69) is 39.0 Å². The van der Waals surface area contributed by atoms with Gasteiger partial charge in [-0.3, -0.25) is 0 Å². The first-order valence-corrected chi connectivity index (χ1v) is 9.41. The molecule has 0 unspecified atom stereocenters. The minimum absolute atomic E-state index is 0.706. The first-order chi connectivity index (χ1) is 12.8. The van der Waals surface area contributed by atoms with Crippen molar-refractivity contribution >= 4 is 12.0 Å². The van der Waals surface area contributed by atoms with E-state index in [-0.39, 0.29) is 0 Å². The van der Waals surface area contributed by atoms with Crippen molar-refractivity contribution < 1.29 is 14.6 Å². The maximum absolute atomic E-state index is 10.6. The average molecular weight is 369 g/mol. The summed E-state index contributed by atoms with van der Waals surface area (Å²) in [6, 6.07) is 2.12. The Labute approximate surface area is 163 Å². The van der Waals surface area contributed by atoms with Gasteiger partial charge in [-0.25, -0.2) is 4.79 Å². The van der Waals surface area contributed by atoms with Crippen LogP contribution in [0.4, 0.5) is 0 Å². The second kappa shape index (κ2) is 11.2. The number of benzene rings is 1. The van der Waals surface area contributed by atoms with Crippen molar-refractivity contribution in [3.8, 4) is 5.75 Å². The number of hydrogen-bond acceptors (Lipinski definition) is 2. The number of allylic oxidation sites excluding steroid dienone is 6. The number of carbonyl (C=O) groups is 1. The van der Waals surface area contributed by atoms with Crippen molar-refractivity contribution in [1.82, 2.24) is 0 Å². The molecule has 146 valence electrons. The Bertz CT molecular complexity index is 777. The fraction of sp³-hybridized carbons (Fsp3) is 0.375. The van der Waals surface area contributed by atoms with E-state index in [1.165, 1.54) is 28.3 Å². The van der Waals surface area contributed by atoms with Gasteiger partial charge in [0, 0.05) is 6.08 Å². The fourth-order valence-electron chi connectivity index (χ4n) is 2.97. The molecule has 3 nitrogen and oxygen atoms in total. The van der Waals surface area contributed by atoms with Crippen LogP contribution in [0.15, 0.2) is 47.6 Å². The Morgan fingerprint density at radius 1 is 1.19 bits per heavy atom. The van der Waals surface area contributed by atoms with Crippen molar-refractivity contribution in [2.75, 3.05) is 7.11 Å². The number of methoxy groups -OCH3 is 1. The minimum Gasteiger partial charge on any atom is -0.496 e. The highest BCUT2D eigenvalue weighted by molar-refractivity contribution is 5.81. The second-order valence-electron chi connectivity index (χ2n) is 6.85. The molecule has 1 N–H and O–H groups in total. The van der Waals surface area contributed by atoms with Crippen molar-refractivity contribution in [2.24, 2.45) is 0 Å². The van der Waals surface area contributed by atoms with Crippen molar-refractivity contribution in [1.29, 1.82) is 0 Å². The number of ether oxygens (including phenoxy) is 1. The number of unbranched alkanes of at least 4 members (excludes halogenated alkanes) is 1. The van der Waals surface area contributed by atoms with E-state index in [9.17, 15) is 4.79 Å². The van der Waals surface area contributed by atoms with Crippen molar-refractivity contribution in [3.63, 3.8) is 0 Å². The van der Waals surface area contributed by atoms with Crippen LogP contribution in [-0.2, 0) is 11.2 Å². The second-order valence-corrected chi connectivity index (χ2v) is 6.85. The predicted octanol–water partition coefficient (Wildman–Crippen LogP) is 6.20. The minimum atomic E-state index is -0.929. The molecule has 0 aliphatic carbocycles. The van der Waals surface area contributed by atoms with Crippen LogP contribution < -0.4 is 4.74 Å². The van der Waals surface area contributed by atoms with Crippen LogP contribution >= 0.6 is 0 Å². The van der Waals surface area contributed by atoms with Gasteiger partial charge in [0.05, 0.1) is 7.11 Å². The lowest BCUT2D eigenvalue weighted by Crippen LogP contribution is -2.00. The Kier molecular flexibility index (Phi) is 9.35. The molecule has 0 saturated heterocycles. The highest BCUT2D eigenvalue weighted by Crippen LogP contribution is 2.30. The average Bonchev–Trinajstić information content (AvgIpc) is 2.59. The summed E-state index contributed by atoms with van der Waals surface area (Å²) in [4.78, 5) is 10.6. The molecular weight excluding hydrogens is 336 g/mol. The normalized spacial score (nSPS) is 13.0. The van der Waals surface area contributed by atoms with Gasteiger partial charge in [-0.1, -0.05) is 49.3 Å². The molecule has 0 amide bonds. The van der Waals surface area contributed by atoms with Gasteiger partial charge in [-0.05, 0) is 74.4 Å².